The summed E-state index contributed by atoms with van der Waals surface area (Å²) in [6, 6.07) is 15.0. The van der Waals surface area contributed by atoms with Gasteiger partial charge in [-0.15, -0.1) is 0 Å². The molecule has 4 N–H and O–H groups in total. The largest absolute Gasteiger partial charge is 0.506 e. The van der Waals surface area contributed by atoms with Crippen LogP contribution < -0.4 is 15.3 Å². The van der Waals surface area contributed by atoms with Crippen LogP contribution in [-0.2, 0) is 10.0 Å². The van der Waals surface area contributed by atoms with E-state index in [0.29, 0.717) is 5.69 Å². The lowest BCUT2D eigenvalue weighted by molar-refractivity contribution is 0.318. The van der Waals surface area contributed by atoms with E-state index in [9.17, 15) is 13.5 Å². The molecular weight excluding hydrogens is 404 g/mol. The molecule has 0 spiro atoms. The van der Waals surface area contributed by atoms with Gasteiger partial charge in [0.05, 0.1) is 6.54 Å². The number of halogens is 1. The Morgan fingerprint density at radius 1 is 1.14 bits per heavy atom. The van der Waals surface area contributed by atoms with Crippen LogP contribution in [-0.4, -0.2) is 26.7 Å². The molecule has 146 valence electrons. The lowest BCUT2D eigenvalue weighted by Crippen LogP contribution is -2.14. The predicted molar refractivity (Wildman–Crippen MR) is 107 cm³/mol. The van der Waals surface area contributed by atoms with E-state index in [1.165, 1.54) is 18.2 Å². The Morgan fingerprint density at radius 3 is 2.71 bits per heavy atom. The zero-order valence-electron chi connectivity index (χ0n) is 14.5. The quantitative estimate of drug-likeness (QED) is 0.232. The number of nitrogens with one attached hydrogen (secondary N) is 1. The number of benzene rings is 3. The molecule has 0 saturated carbocycles. The van der Waals surface area contributed by atoms with Gasteiger partial charge in [-0.1, -0.05) is 47.2 Å². The van der Waals surface area contributed by atoms with Crippen LogP contribution in [0.2, 0.25) is 5.02 Å². The molecule has 0 unspecified atom stereocenters. The average Bonchev–Trinajstić information content (AvgIpc) is 2.66. The SMILES string of the molecule is NS(=O)(=O)c1cc(Cl)ccc1OCCN=NNc1c(O)ccc2ccccc12. The number of aromatic hydroxyl groups is 1. The van der Waals surface area contributed by atoms with Gasteiger partial charge in [0.15, 0.2) is 0 Å². The number of hydrogen-bond donors (Lipinski definition) is 3. The first kappa shape index (κ1) is 19.9. The number of phenols is 1. The lowest BCUT2D eigenvalue weighted by atomic mass is 10.1. The Bertz CT molecular complexity index is 1140. The van der Waals surface area contributed by atoms with Crippen LogP contribution in [0.25, 0.3) is 10.8 Å². The molecule has 3 aromatic rings. The summed E-state index contributed by atoms with van der Waals surface area (Å²) in [7, 11) is -3.97. The van der Waals surface area contributed by atoms with Crippen LogP contribution in [0.15, 0.2) is 69.8 Å². The average molecular weight is 421 g/mol. The summed E-state index contributed by atoms with van der Waals surface area (Å²) in [6.07, 6.45) is 0. The molecule has 0 heterocycles. The second-order valence-corrected chi connectivity index (χ2v) is 7.71. The van der Waals surface area contributed by atoms with Crippen LogP contribution in [0.4, 0.5) is 5.69 Å². The molecule has 0 radical (unpaired) electrons. The fourth-order valence-electron chi connectivity index (χ4n) is 2.53. The molecule has 0 aromatic heterocycles. The van der Waals surface area contributed by atoms with Gasteiger partial charge in [-0.05, 0) is 29.7 Å². The van der Waals surface area contributed by atoms with Crippen molar-refractivity contribution in [2.75, 3.05) is 18.6 Å². The fourth-order valence-corrected chi connectivity index (χ4v) is 3.47. The first-order chi connectivity index (χ1) is 13.4. The van der Waals surface area contributed by atoms with Crippen molar-refractivity contribution < 1.29 is 18.3 Å². The van der Waals surface area contributed by atoms with Crippen molar-refractivity contribution in [1.29, 1.82) is 0 Å². The first-order valence-electron chi connectivity index (χ1n) is 8.14. The number of anilines is 1. The van der Waals surface area contributed by atoms with Gasteiger partial charge in [0.2, 0.25) is 10.0 Å². The Labute approximate surface area is 166 Å². The Kier molecular flexibility index (Phi) is 5.98. The Balaban J connectivity index is 1.62. The highest BCUT2D eigenvalue weighted by atomic mass is 35.5. The Morgan fingerprint density at radius 2 is 1.93 bits per heavy atom. The van der Waals surface area contributed by atoms with Gasteiger partial charge in [0.25, 0.3) is 0 Å². The van der Waals surface area contributed by atoms with Gasteiger partial charge in [-0.3, -0.25) is 5.43 Å². The lowest BCUT2D eigenvalue weighted by Gasteiger charge is -2.09. The van der Waals surface area contributed by atoms with Gasteiger partial charge in [0, 0.05) is 10.4 Å². The van der Waals surface area contributed by atoms with Gasteiger partial charge in [0.1, 0.15) is 28.7 Å². The summed E-state index contributed by atoms with van der Waals surface area (Å²) in [5.41, 5.74) is 3.16. The number of fused-ring (bicyclic) bond motifs is 1. The highest BCUT2D eigenvalue weighted by Gasteiger charge is 2.15. The van der Waals surface area contributed by atoms with Crippen molar-refractivity contribution in [2.45, 2.75) is 4.90 Å². The second-order valence-electron chi connectivity index (χ2n) is 5.74. The maximum absolute atomic E-state index is 11.6. The number of hydrogen-bond acceptors (Lipinski definition) is 6. The number of rotatable bonds is 7. The number of ether oxygens (including phenoxy) is 1. The summed E-state index contributed by atoms with van der Waals surface area (Å²) in [4.78, 5) is -0.198. The molecule has 28 heavy (non-hydrogen) atoms. The Hall–Kier alpha value is -2.88. The maximum Gasteiger partial charge on any atom is 0.241 e. The normalized spacial score (nSPS) is 11.8. The molecule has 3 rings (SSSR count). The van der Waals surface area contributed by atoms with E-state index >= 15 is 0 Å². The summed E-state index contributed by atoms with van der Waals surface area (Å²) in [6.45, 7) is 0.210. The van der Waals surface area contributed by atoms with Crippen LogP contribution in [0.1, 0.15) is 0 Å². The molecule has 10 heteroatoms. The minimum Gasteiger partial charge on any atom is -0.506 e. The van der Waals surface area contributed by atoms with Crippen molar-refractivity contribution in [3.8, 4) is 11.5 Å². The van der Waals surface area contributed by atoms with Crippen molar-refractivity contribution in [3.63, 3.8) is 0 Å². The molecule has 0 aliphatic heterocycles. The summed E-state index contributed by atoms with van der Waals surface area (Å²) < 4.78 is 28.6. The van der Waals surface area contributed by atoms with E-state index in [1.807, 2.05) is 24.3 Å². The van der Waals surface area contributed by atoms with E-state index in [1.54, 1.807) is 12.1 Å². The summed E-state index contributed by atoms with van der Waals surface area (Å²) >= 11 is 5.80. The molecule has 0 aliphatic rings. The highest BCUT2D eigenvalue weighted by molar-refractivity contribution is 7.89. The number of nitrogens with zero attached hydrogens (tertiary/aromatic N) is 2. The summed E-state index contributed by atoms with van der Waals surface area (Å²) in [5.74, 6) is 0.134. The molecule has 8 nitrogen and oxygen atoms in total. The molecule has 0 fully saturated rings. The van der Waals surface area contributed by atoms with E-state index in [-0.39, 0.29) is 34.6 Å². The molecule has 0 bridgehead atoms. The molecule has 3 aromatic carbocycles. The van der Waals surface area contributed by atoms with Crippen molar-refractivity contribution in [1.82, 2.24) is 0 Å². The molecular formula is C18H17ClN4O4S. The fraction of sp³-hybridized carbons (Fsp3) is 0.111. The third kappa shape index (κ3) is 4.69. The van der Waals surface area contributed by atoms with Gasteiger partial charge >= 0.3 is 0 Å². The van der Waals surface area contributed by atoms with Crippen molar-refractivity contribution in [2.24, 2.45) is 15.5 Å². The topological polar surface area (TPSA) is 126 Å². The van der Waals surface area contributed by atoms with Gasteiger partial charge in [-0.25, -0.2) is 13.6 Å². The number of nitrogens with two attached hydrogens (primary N) is 1. The third-order valence-corrected chi connectivity index (χ3v) is 4.97. The monoisotopic (exact) mass is 420 g/mol. The van der Waals surface area contributed by atoms with Crippen LogP contribution in [0.3, 0.4) is 0 Å². The van der Waals surface area contributed by atoms with E-state index < -0.39 is 10.0 Å². The van der Waals surface area contributed by atoms with Gasteiger partial charge < -0.3 is 9.84 Å². The molecule has 0 amide bonds. The van der Waals surface area contributed by atoms with Crippen molar-refractivity contribution in [3.05, 3.63) is 59.6 Å². The standard InChI is InChI=1S/C18H17ClN4O4S/c19-13-6-8-16(17(11-13)28(20,25)26)27-10-9-21-23-22-18-14-4-2-1-3-12(14)5-7-15(18)24/h1-8,11,24H,9-10H2,(H,21,22)(H2,20,25,26). The van der Waals surface area contributed by atoms with E-state index in [4.69, 9.17) is 21.5 Å². The molecule has 0 saturated heterocycles. The van der Waals surface area contributed by atoms with Gasteiger partial charge in [-0.2, -0.15) is 5.11 Å². The number of primary sulfonamides is 1. The number of sulfonamides is 1. The van der Waals surface area contributed by atoms with E-state index in [2.05, 4.69) is 15.8 Å². The van der Waals surface area contributed by atoms with Crippen LogP contribution >= 0.6 is 11.6 Å². The second kappa shape index (κ2) is 8.42. The first-order valence-corrected chi connectivity index (χ1v) is 10.1. The minimum absolute atomic E-state index is 0.0489. The highest BCUT2D eigenvalue weighted by Crippen LogP contribution is 2.32. The van der Waals surface area contributed by atoms with E-state index in [0.717, 1.165) is 10.8 Å². The van der Waals surface area contributed by atoms with Crippen LogP contribution in [0.5, 0.6) is 11.5 Å². The number of phenolic OH excluding ortho intramolecular Hbond substituents is 1. The zero-order valence-corrected chi connectivity index (χ0v) is 16.1. The summed E-state index contributed by atoms with van der Waals surface area (Å²) in [5, 5.41) is 24.9. The molecule has 0 aliphatic carbocycles. The van der Waals surface area contributed by atoms with Crippen molar-refractivity contribution >= 4 is 38.1 Å². The maximum atomic E-state index is 11.6. The third-order valence-electron chi connectivity index (χ3n) is 3.80. The predicted octanol–water partition coefficient (Wildman–Crippen LogP) is 3.70. The minimum atomic E-state index is -3.97. The van der Waals surface area contributed by atoms with Crippen LogP contribution in [0, 0.1) is 0 Å². The zero-order chi connectivity index (χ0) is 20.1. The molecule has 0 atom stereocenters. The smallest absolute Gasteiger partial charge is 0.241 e.